The average Bonchev–Trinajstić information content (AvgIpc) is 3.02. The molecule has 156 valence electrons. The maximum absolute atomic E-state index is 12.9. The zero-order valence-electron chi connectivity index (χ0n) is 16.9. The van der Waals surface area contributed by atoms with Gasteiger partial charge in [0.2, 0.25) is 10.0 Å². The summed E-state index contributed by atoms with van der Waals surface area (Å²) in [4.78, 5) is 17.8. The highest BCUT2D eigenvalue weighted by atomic mass is 32.2. The molecular formula is C21H27N3O3S2. The minimum absolute atomic E-state index is 0.306. The Labute approximate surface area is 176 Å². The van der Waals surface area contributed by atoms with Crippen molar-refractivity contribution < 1.29 is 13.2 Å². The monoisotopic (exact) mass is 433 g/mol. The Bertz CT molecular complexity index is 1110. The first-order valence-electron chi connectivity index (χ1n) is 9.96. The Hall–Kier alpha value is -1.95. The molecule has 0 spiro atoms. The number of hydrogen-bond acceptors (Lipinski definition) is 4. The molecule has 1 fully saturated rings. The third-order valence-corrected chi connectivity index (χ3v) is 7.52. The van der Waals surface area contributed by atoms with E-state index in [1.54, 1.807) is 0 Å². The van der Waals surface area contributed by atoms with Crippen molar-refractivity contribution in [1.29, 1.82) is 0 Å². The third kappa shape index (κ3) is 4.97. The second-order valence-electron chi connectivity index (χ2n) is 7.42. The minimum atomic E-state index is -3.46. The topological polar surface area (TPSA) is 71.7 Å². The van der Waals surface area contributed by atoms with E-state index in [1.807, 2.05) is 10.6 Å². The van der Waals surface area contributed by atoms with Gasteiger partial charge in [-0.2, -0.15) is 9.30 Å². The first kappa shape index (κ1) is 21.8. The van der Waals surface area contributed by atoms with Crippen LogP contribution in [0.25, 0.3) is 10.2 Å². The van der Waals surface area contributed by atoms with E-state index < -0.39 is 22.0 Å². The van der Waals surface area contributed by atoms with Crippen LogP contribution in [0.1, 0.15) is 44.6 Å². The highest BCUT2D eigenvalue weighted by Crippen LogP contribution is 2.23. The summed E-state index contributed by atoms with van der Waals surface area (Å²) < 4.78 is 28.4. The van der Waals surface area contributed by atoms with E-state index in [1.165, 1.54) is 21.2 Å². The lowest BCUT2D eigenvalue weighted by molar-refractivity contribution is -0.122. The van der Waals surface area contributed by atoms with E-state index >= 15 is 0 Å². The number of sulfonamides is 1. The van der Waals surface area contributed by atoms with Crippen molar-refractivity contribution in [3.05, 3.63) is 28.6 Å². The molecule has 3 rings (SSSR count). The number of terminal acetylenes is 1. The number of unbranched alkanes of at least 4 members (excludes halogenated alkanes) is 1. The van der Waals surface area contributed by atoms with Crippen LogP contribution in [0.4, 0.5) is 0 Å². The van der Waals surface area contributed by atoms with Gasteiger partial charge in [-0.15, -0.1) is 6.42 Å². The molecule has 0 saturated carbocycles. The highest BCUT2D eigenvalue weighted by Gasteiger charge is 2.34. The van der Waals surface area contributed by atoms with Gasteiger partial charge in [0.1, 0.15) is 6.04 Å². The molecule has 1 aromatic heterocycles. The number of piperidine rings is 1. The molecule has 1 atom stereocenters. The van der Waals surface area contributed by atoms with Gasteiger partial charge in [0.15, 0.2) is 4.80 Å². The second-order valence-corrected chi connectivity index (χ2v) is 10.4. The minimum Gasteiger partial charge on any atom is -0.305 e. The quantitative estimate of drug-likeness (QED) is 0.658. The lowest BCUT2D eigenvalue weighted by Crippen LogP contribution is -2.47. The van der Waals surface area contributed by atoms with E-state index in [9.17, 15) is 13.2 Å². The molecule has 2 heterocycles. The van der Waals surface area contributed by atoms with Crippen molar-refractivity contribution in [2.24, 2.45) is 4.99 Å². The molecule has 0 N–H and O–H groups in total. The average molecular weight is 434 g/mol. The zero-order valence-corrected chi connectivity index (χ0v) is 18.6. The molecule has 1 aliphatic heterocycles. The molecule has 8 heteroatoms. The van der Waals surface area contributed by atoms with E-state index in [0.717, 1.165) is 48.6 Å². The molecule has 6 nitrogen and oxygen atoms in total. The fourth-order valence-corrected chi connectivity index (χ4v) is 5.92. The standard InChI is InChI=1S/C21H27N3O3S2/c1-4-6-9-16-11-12-17-19(15-16)28-21(23(17)13-5-2)22-20(25)18-10-7-8-14-24(18)29(3,26)27/h2,11-12,15,18H,4,6-10,13-14H2,1,3H3. The number of hydrogen-bond donors (Lipinski definition) is 0. The number of rotatable bonds is 6. The van der Waals surface area contributed by atoms with Gasteiger partial charge in [-0.1, -0.05) is 43.1 Å². The smallest absolute Gasteiger partial charge is 0.266 e. The molecule has 0 aliphatic carbocycles. The van der Waals surface area contributed by atoms with Gasteiger partial charge in [0.25, 0.3) is 5.91 Å². The number of thiazole rings is 1. The van der Waals surface area contributed by atoms with Gasteiger partial charge in [0.05, 0.1) is 23.0 Å². The molecule has 1 aliphatic rings. The van der Waals surface area contributed by atoms with E-state index in [2.05, 4.69) is 30.0 Å². The predicted molar refractivity (Wildman–Crippen MR) is 117 cm³/mol. The number of aromatic nitrogens is 1. The van der Waals surface area contributed by atoms with Gasteiger partial charge in [-0.05, 0) is 43.4 Å². The summed E-state index contributed by atoms with van der Waals surface area (Å²) >= 11 is 1.42. The zero-order chi connectivity index (χ0) is 21.0. The van der Waals surface area contributed by atoms with Crippen LogP contribution in [0.15, 0.2) is 23.2 Å². The first-order valence-corrected chi connectivity index (χ1v) is 12.6. The van der Waals surface area contributed by atoms with Crippen molar-refractivity contribution in [2.75, 3.05) is 12.8 Å². The van der Waals surface area contributed by atoms with Crippen molar-refractivity contribution in [2.45, 2.75) is 58.0 Å². The second kappa shape index (κ2) is 9.24. The maximum Gasteiger partial charge on any atom is 0.266 e. The summed E-state index contributed by atoms with van der Waals surface area (Å²) in [6.07, 6.45) is 12.0. The summed E-state index contributed by atoms with van der Waals surface area (Å²) in [5.74, 6) is 2.21. The number of benzene rings is 1. The molecule has 2 aromatic rings. The number of amides is 1. The largest absolute Gasteiger partial charge is 0.305 e. The molecule has 0 bridgehead atoms. The Morgan fingerprint density at radius 2 is 2.17 bits per heavy atom. The summed E-state index contributed by atoms with van der Waals surface area (Å²) in [6, 6.07) is 5.52. The Morgan fingerprint density at radius 1 is 1.38 bits per heavy atom. The normalized spacial score (nSPS) is 18.8. The van der Waals surface area contributed by atoms with Gasteiger partial charge in [-0.3, -0.25) is 4.79 Å². The lowest BCUT2D eigenvalue weighted by atomic mass is 10.0. The number of carbonyl (C=O) groups excluding carboxylic acids is 1. The molecular weight excluding hydrogens is 406 g/mol. The van der Waals surface area contributed by atoms with Gasteiger partial charge in [0, 0.05) is 6.54 Å². The van der Waals surface area contributed by atoms with E-state index in [-0.39, 0.29) is 0 Å². The van der Waals surface area contributed by atoms with Crippen LogP contribution in [0.3, 0.4) is 0 Å². The predicted octanol–water partition coefficient (Wildman–Crippen LogP) is 2.92. The van der Waals surface area contributed by atoms with Crippen molar-refractivity contribution in [3.63, 3.8) is 0 Å². The van der Waals surface area contributed by atoms with Crippen LogP contribution in [0.5, 0.6) is 0 Å². The fraction of sp³-hybridized carbons (Fsp3) is 0.524. The van der Waals surface area contributed by atoms with Gasteiger partial charge in [-0.25, -0.2) is 8.42 Å². The summed E-state index contributed by atoms with van der Waals surface area (Å²) in [5, 5.41) is 0. The van der Waals surface area contributed by atoms with Crippen molar-refractivity contribution in [1.82, 2.24) is 8.87 Å². The highest BCUT2D eigenvalue weighted by molar-refractivity contribution is 7.88. The summed E-state index contributed by atoms with van der Waals surface area (Å²) in [5.41, 5.74) is 2.20. The molecule has 29 heavy (non-hydrogen) atoms. The van der Waals surface area contributed by atoms with Crippen LogP contribution in [0, 0.1) is 12.3 Å². The number of carbonyl (C=O) groups is 1. The number of nitrogens with zero attached hydrogens (tertiary/aromatic N) is 3. The van der Waals surface area contributed by atoms with Gasteiger partial charge < -0.3 is 4.57 Å². The summed E-state index contributed by atoms with van der Waals surface area (Å²) in [6.45, 7) is 2.83. The maximum atomic E-state index is 12.9. The number of aryl methyl sites for hydroxylation is 1. The Balaban J connectivity index is 2.02. The SMILES string of the molecule is C#CCn1c(=NC(=O)C2CCCCN2S(C)(=O)=O)sc2cc(CCCC)ccc21. The van der Waals surface area contributed by atoms with Crippen LogP contribution in [-0.2, 0) is 27.8 Å². The molecule has 1 aromatic carbocycles. The van der Waals surface area contributed by atoms with E-state index in [0.29, 0.717) is 24.3 Å². The molecule has 1 saturated heterocycles. The van der Waals surface area contributed by atoms with Crippen molar-refractivity contribution >= 4 is 37.5 Å². The number of fused-ring (bicyclic) bond motifs is 1. The Morgan fingerprint density at radius 3 is 2.86 bits per heavy atom. The third-order valence-electron chi connectivity index (χ3n) is 5.19. The van der Waals surface area contributed by atoms with Crippen LogP contribution < -0.4 is 4.80 Å². The Kier molecular flexibility index (Phi) is 6.93. The molecule has 1 unspecified atom stereocenters. The van der Waals surface area contributed by atoms with Crippen LogP contribution in [-0.4, -0.2) is 42.0 Å². The van der Waals surface area contributed by atoms with Crippen LogP contribution in [0.2, 0.25) is 0 Å². The van der Waals surface area contributed by atoms with Crippen molar-refractivity contribution in [3.8, 4) is 12.3 Å². The molecule has 1 amide bonds. The van der Waals surface area contributed by atoms with Crippen LogP contribution >= 0.6 is 11.3 Å². The first-order chi connectivity index (χ1) is 13.8. The van der Waals surface area contributed by atoms with Gasteiger partial charge >= 0.3 is 0 Å². The lowest BCUT2D eigenvalue weighted by Gasteiger charge is -2.31. The fourth-order valence-electron chi connectivity index (χ4n) is 3.70. The summed E-state index contributed by atoms with van der Waals surface area (Å²) in [7, 11) is -3.46. The van der Waals surface area contributed by atoms with E-state index in [4.69, 9.17) is 6.42 Å². The molecule has 0 radical (unpaired) electrons.